The number of nitrogens with zero attached hydrogens (tertiary/aromatic N) is 1. The van der Waals surface area contributed by atoms with Gasteiger partial charge in [-0.25, -0.2) is 4.79 Å². The Morgan fingerprint density at radius 1 is 0.966 bits per heavy atom. The Kier molecular flexibility index (Phi) is 5.63. The minimum absolute atomic E-state index is 0.196. The molecule has 0 unspecified atom stereocenters. The summed E-state index contributed by atoms with van der Waals surface area (Å²) >= 11 is 0. The van der Waals surface area contributed by atoms with Gasteiger partial charge < -0.3 is 16.0 Å². The number of amides is 5. The third-order valence-electron chi connectivity index (χ3n) is 4.76. The van der Waals surface area contributed by atoms with E-state index in [9.17, 15) is 19.2 Å². The summed E-state index contributed by atoms with van der Waals surface area (Å²) in [5.74, 6) is -1.15. The number of imide groups is 1. The molecule has 29 heavy (non-hydrogen) atoms. The highest BCUT2D eigenvalue weighted by Crippen LogP contribution is 2.32. The lowest BCUT2D eigenvalue weighted by atomic mass is 9.87. The molecule has 2 aromatic carbocycles. The molecule has 3 N–H and O–H groups in total. The first-order chi connectivity index (χ1) is 13.9. The summed E-state index contributed by atoms with van der Waals surface area (Å²) in [6, 6.07) is 14.9. The Morgan fingerprint density at radius 3 is 2.10 bits per heavy atom. The highest BCUT2D eigenvalue weighted by Gasteiger charge is 2.51. The van der Waals surface area contributed by atoms with Gasteiger partial charge in [0.1, 0.15) is 12.1 Å². The van der Waals surface area contributed by atoms with E-state index in [2.05, 4.69) is 16.0 Å². The van der Waals surface area contributed by atoms with E-state index in [1.807, 2.05) is 13.0 Å². The molecule has 8 heteroatoms. The standard InChI is InChI=1S/C21H22N4O4/c1-3-21(15-7-5-4-6-8-15)19(28)25(20(29)24-21)13-18(27)23-17-11-9-16(10-12-17)22-14(2)26/h4-12H,3,13H2,1-2H3,(H,22,26)(H,23,27)(H,24,29)/t21-/m1/s1. The number of carbonyl (C=O) groups excluding carboxylic acids is 4. The summed E-state index contributed by atoms with van der Waals surface area (Å²) in [7, 11) is 0. The number of anilines is 2. The summed E-state index contributed by atoms with van der Waals surface area (Å²) in [5.41, 5.74) is 0.594. The fraction of sp³-hybridized carbons (Fsp3) is 0.238. The fourth-order valence-electron chi connectivity index (χ4n) is 3.32. The molecule has 1 saturated heterocycles. The first kappa shape index (κ1) is 20.1. The molecule has 0 aliphatic carbocycles. The van der Waals surface area contributed by atoms with Crippen molar-refractivity contribution in [2.75, 3.05) is 17.2 Å². The van der Waals surface area contributed by atoms with Gasteiger partial charge in [0.2, 0.25) is 11.8 Å². The molecule has 8 nitrogen and oxygen atoms in total. The van der Waals surface area contributed by atoms with Crippen LogP contribution in [0.2, 0.25) is 0 Å². The van der Waals surface area contributed by atoms with E-state index < -0.39 is 29.9 Å². The van der Waals surface area contributed by atoms with Crippen LogP contribution in [0.5, 0.6) is 0 Å². The summed E-state index contributed by atoms with van der Waals surface area (Å²) in [6.07, 6.45) is 0.365. The van der Waals surface area contributed by atoms with Gasteiger partial charge in [-0.15, -0.1) is 0 Å². The lowest BCUT2D eigenvalue weighted by molar-refractivity contribution is -0.134. The number of nitrogens with one attached hydrogen (secondary N) is 3. The topological polar surface area (TPSA) is 108 Å². The van der Waals surface area contributed by atoms with Crippen LogP contribution in [0, 0.1) is 0 Å². The first-order valence-corrected chi connectivity index (χ1v) is 9.23. The second-order valence-electron chi connectivity index (χ2n) is 6.75. The van der Waals surface area contributed by atoms with Crippen molar-refractivity contribution in [1.29, 1.82) is 0 Å². The maximum absolute atomic E-state index is 13.0. The maximum atomic E-state index is 13.0. The molecular formula is C21H22N4O4. The van der Waals surface area contributed by atoms with E-state index in [1.54, 1.807) is 48.5 Å². The Balaban J connectivity index is 1.70. The van der Waals surface area contributed by atoms with Crippen LogP contribution in [0.4, 0.5) is 16.2 Å². The number of benzene rings is 2. The molecule has 150 valence electrons. The second kappa shape index (κ2) is 8.14. The Labute approximate surface area is 168 Å². The minimum Gasteiger partial charge on any atom is -0.326 e. The number of urea groups is 1. The maximum Gasteiger partial charge on any atom is 0.325 e. The lowest BCUT2D eigenvalue weighted by Crippen LogP contribution is -2.44. The van der Waals surface area contributed by atoms with Crippen LogP contribution >= 0.6 is 0 Å². The minimum atomic E-state index is -1.17. The molecular weight excluding hydrogens is 372 g/mol. The SMILES string of the molecule is CC[C@]1(c2ccccc2)NC(=O)N(CC(=O)Nc2ccc(NC(C)=O)cc2)C1=O. The van der Waals surface area contributed by atoms with Crippen molar-refractivity contribution in [2.45, 2.75) is 25.8 Å². The monoisotopic (exact) mass is 394 g/mol. The Hall–Kier alpha value is -3.68. The molecule has 1 fully saturated rings. The third-order valence-corrected chi connectivity index (χ3v) is 4.76. The van der Waals surface area contributed by atoms with E-state index in [0.29, 0.717) is 23.4 Å². The normalized spacial score (nSPS) is 18.3. The zero-order valence-electron chi connectivity index (χ0n) is 16.2. The van der Waals surface area contributed by atoms with Crippen molar-refractivity contribution in [1.82, 2.24) is 10.2 Å². The van der Waals surface area contributed by atoms with Crippen LogP contribution in [-0.2, 0) is 19.9 Å². The first-order valence-electron chi connectivity index (χ1n) is 9.23. The van der Waals surface area contributed by atoms with Crippen molar-refractivity contribution in [3.8, 4) is 0 Å². The van der Waals surface area contributed by atoms with E-state index in [-0.39, 0.29) is 5.91 Å². The van der Waals surface area contributed by atoms with Gasteiger partial charge in [0.15, 0.2) is 0 Å². The summed E-state index contributed by atoms with van der Waals surface area (Å²) in [5, 5.41) is 8.02. The number of carbonyl (C=O) groups is 4. The number of hydrogen-bond donors (Lipinski definition) is 3. The number of rotatable bonds is 6. The molecule has 2 aromatic rings. The molecule has 3 rings (SSSR count). The molecule has 1 atom stereocenters. The average molecular weight is 394 g/mol. The van der Waals surface area contributed by atoms with E-state index in [4.69, 9.17) is 0 Å². The Bertz CT molecular complexity index is 943. The van der Waals surface area contributed by atoms with Crippen LogP contribution in [0.1, 0.15) is 25.8 Å². The summed E-state index contributed by atoms with van der Waals surface area (Å²) in [4.78, 5) is 49.9. The highest BCUT2D eigenvalue weighted by atomic mass is 16.2. The van der Waals surface area contributed by atoms with Gasteiger partial charge in [-0.2, -0.15) is 0 Å². The van der Waals surface area contributed by atoms with Crippen LogP contribution in [0.25, 0.3) is 0 Å². The highest BCUT2D eigenvalue weighted by molar-refractivity contribution is 6.10. The van der Waals surface area contributed by atoms with Crippen LogP contribution in [0.15, 0.2) is 54.6 Å². The molecule has 0 spiro atoms. The van der Waals surface area contributed by atoms with Crippen LogP contribution in [-0.4, -0.2) is 35.2 Å². The van der Waals surface area contributed by atoms with Crippen molar-refractivity contribution < 1.29 is 19.2 Å². The molecule has 1 aliphatic heterocycles. The summed E-state index contributed by atoms with van der Waals surface area (Å²) < 4.78 is 0. The smallest absolute Gasteiger partial charge is 0.325 e. The van der Waals surface area contributed by atoms with Crippen LogP contribution < -0.4 is 16.0 Å². The van der Waals surface area contributed by atoms with E-state index in [1.165, 1.54) is 6.92 Å². The molecule has 1 heterocycles. The van der Waals surface area contributed by atoms with Gasteiger partial charge in [0.25, 0.3) is 5.91 Å². The van der Waals surface area contributed by atoms with Crippen molar-refractivity contribution >= 4 is 35.1 Å². The Morgan fingerprint density at radius 2 is 1.55 bits per heavy atom. The van der Waals surface area contributed by atoms with Crippen molar-refractivity contribution in [3.63, 3.8) is 0 Å². The van der Waals surface area contributed by atoms with Gasteiger partial charge in [-0.3, -0.25) is 19.3 Å². The fourth-order valence-corrected chi connectivity index (χ4v) is 3.32. The van der Waals surface area contributed by atoms with Gasteiger partial charge in [0, 0.05) is 18.3 Å². The molecule has 1 aliphatic rings. The second-order valence-corrected chi connectivity index (χ2v) is 6.75. The molecule has 0 radical (unpaired) electrons. The van der Waals surface area contributed by atoms with Crippen molar-refractivity contribution in [2.24, 2.45) is 0 Å². The lowest BCUT2D eigenvalue weighted by Gasteiger charge is -2.25. The summed E-state index contributed by atoms with van der Waals surface area (Å²) in [6.45, 7) is 2.82. The zero-order valence-corrected chi connectivity index (χ0v) is 16.2. The largest absolute Gasteiger partial charge is 0.326 e. The van der Waals surface area contributed by atoms with Crippen LogP contribution in [0.3, 0.4) is 0 Å². The average Bonchev–Trinajstić information content (AvgIpc) is 2.95. The van der Waals surface area contributed by atoms with Crippen molar-refractivity contribution in [3.05, 3.63) is 60.2 Å². The van der Waals surface area contributed by atoms with Gasteiger partial charge in [-0.05, 0) is 36.2 Å². The molecule has 0 aromatic heterocycles. The van der Waals surface area contributed by atoms with Gasteiger partial charge in [-0.1, -0.05) is 37.3 Å². The van der Waals surface area contributed by atoms with Gasteiger partial charge >= 0.3 is 6.03 Å². The predicted molar refractivity (Wildman–Crippen MR) is 108 cm³/mol. The van der Waals surface area contributed by atoms with E-state index in [0.717, 1.165) is 4.90 Å². The molecule has 5 amide bonds. The van der Waals surface area contributed by atoms with E-state index >= 15 is 0 Å². The predicted octanol–water partition coefficient (Wildman–Crippen LogP) is 2.44. The molecule has 0 bridgehead atoms. The quantitative estimate of drug-likeness (QED) is 0.654. The number of hydrogen-bond acceptors (Lipinski definition) is 4. The molecule has 0 saturated carbocycles. The zero-order chi connectivity index (χ0) is 21.0. The third kappa shape index (κ3) is 4.11. The van der Waals surface area contributed by atoms with Gasteiger partial charge in [0.05, 0.1) is 0 Å².